The van der Waals surface area contributed by atoms with E-state index in [2.05, 4.69) is 9.97 Å². The Morgan fingerprint density at radius 2 is 2.17 bits per heavy atom. The van der Waals surface area contributed by atoms with Crippen molar-refractivity contribution in [3.63, 3.8) is 0 Å². The van der Waals surface area contributed by atoms with Crippen molar-refractivity contribution in [3.8, 4) is 17.1 Å². The van der Waals surface area contributed by atoms with Gasteiger partial charge in [-0.05, 0) is 30.7 Å². The zero-order valence-electron chi connectivity index (χ0n) is 10.4. The molecule has 18 heavy (non-hydrogen) atoms. The van der Waals surface area contributed by atoms with Gasteiger partial charge in [0.1, 0.15) is 11.6 Å². The first-order valence-corrected chi connectivity index (χ1v) is 5.59. The zero-order chi connectivity index (χ0) is 13.1. The molecule has 3 N–H and O–H groups in total. The molecule has 5 nitrogen and oxygen atoms in total. The van der Waals surface area contributed by atoms with Gasteiger partial charge < -0.3 is 15.5 Å². The molecule has 1 aromatic heterocycles. The molecule has 1 heterocycles. The van der Waals surface area contributed by atoms with Gasteiger partial charge in [-0.15, -0.1) is 0 Å². The fraction of sp³-hybridized carbons (Fsp3) is 0.231. The van der Waals surface area contributed by atoms with E-state index in [1.165, 1.54) is 6.07 Å². The number of hydrogen-bond donors (Lipinski definition) is 2. The first-order chi connectivity index (χ1) is 8.63. The SMILES string of the molecule is COc1ccc(-c2nc(CN)cc(=O)[nH]2)cc1C. The Hall–Kier alpha value is -2.14. The van der Waals surface area contributed by atoms with Crippen molar-refractivity contribution in [2.45, 2.75) is 13.5 Å². The lowest BCUT2D eigenvalue weighted by Gasteiger charge is -2.07. The number of ether oxygens (including phenoxy) is 1. The fourth-order valence-electron chi connectivity index (χ4n) is 1.77. The van der Waals surface area contributed by atoms with E-state index in [0.717, 1.165) is 16.9 Å². The van der Waals surface area contributed by atoms with Crippen LogP contribution in [0.25, 0.3) is 11.4 Å². The Bertz CT molecular complexity index is 620. The quantitative estimate of drug-likeness (QED) is 0.851. The Morgan fingerprint density at radius 1 is 1.39 bits per heavy atom. The van der Waals surface area contributed by atoms with Crippen molar-refractivity contribution >= 4 is 0 Å². The van der Waals surface area contributed by atoms with Crippen LogP contribution in [0.15, 0.2) is 29.1 Å². The first-order valence-electron chi connectivity index (χ1n) is 5.59. The molecule has 1 aromatic carbocycles. The number of hydrogen-bond acceptors (Lipinski definition) is 4. The average Bonchev–Trinajstić information content (AvgIpc) is 2.37. The van der Waals surface area contributed by atoms with Crippen LogP contribution < -0.4 is 16.0 Å². The van der Waals surface area contributed by atoms with Crippen LogP contribution in [-0.4, -0.2) is 17.1 Å². The van der Waals surface area contributed by atoms with E-state index in [-0.39, 0.29) is 12.1 Å². The first kappa shape index (κ1) is 12.3. The molecular weight excluding hydrogens is 230 g/mol. The van der Waals surface area contributed by atoms with Crippen molar-refractivity contribution in [1.29, 1.82) is 0 Å². The van der Waals surface area contributed by atoms with Crippen LogP contribution in [0.1, 0.15) is 11.3 Å². The Balaban J connectivity index is 2.51. The summed E-state index contributed by atoms with van der Waals surface area (Å²) in [6.45, 7) is 2.18. The van der Waals surface area contributed by atoms with Crippen molar-refractivity contribution in [2.24, 2.45) is 5.73 Å². The number of nitrogens with one attached hydrogen (secondary N) is 1. The summed E-state index contributed by atoms with van der Waals surface area (Å²) >= 11 is 0. The third kappa shape index (κ3) is 2.41. The maximum absolute atomic E-state index is 11.5. The van der Waals surface area contributed by atoms with E-state index in [1.807, 2.05) is 25.1 Å². The van der Waals surface area contributed by atoms with Crippen LogP contribution in [-0.2, 0) is 6.54 Å². The monoisotopic (exact) mass is 245 g/mol. The third-order valence-electron chi connectivity index (χ3n) is 2.67. The molecule has 5 heteroatoms. The summed E-state index contributed by atoms with van der Waals surface area (Å²) in [5.74, 6) is 1.32. The van der Waals surface area contributed by atoms with E-state index in [4.69, 9.17) is 10.5 Å². The molecule has 2 aromatic rings. The number of aromatic nitrogens is 2. The van der Waals surface area contributed by atoms with Crippen LogP contribution in [0.2, 0.25) is 0 Å². The summed E-state index contributed by atoms with van der Waals surface area (Å²) in [5, 5.41) is 0. The summed E-state index contributed by atoms with van der Waals surface area (Å²) in [6.07, 6.45) is 0. The summed E-state index contributed by atoms with van der Waals surface area (Å²) in [7, 11) is 1.62. The molecule has 0 saturated carbocycles. The molecule has 0 atom stereocenters. The molecule has 2 rings (SSSR count). The predicted molar refractivity (Wildman–Crippen MR) is 69.5 cm³/mol. The maximum Gasteiger partial charge on any atom is 0.251 e. The molecule has 0 aliphatic heterocycles. The van der Waals surface area contributed by atoms with Gasteiger partial charge >= 0.3 is 0 Å². The van der Waals surface area contributed by atoms with Gasteiger partial charge in [-0.2, -0.15) is 0 Å². The number of aromatic amines is 1. The van der Waals surface area contributed by atoms with Crippen LogP contribution in [0.5, 0.6) is 5.75 Å². The van der Waals surface area contributed by atoms with E-state index in [0.29, 0.717) is 11.5 Å². The van der Waals surface area contributed by atoms with Gasteiger partial charge in [0.05, 0.1) is 12.8 Å². The van der Waals surface area contributed by atoms with Gasteiger partial charge in [-0.3, -0.25) is 4.79 Å². The van der Waals surface area contributed by atoms with Crippen LogP contribution in [0.3, 0.4) is 0 Å². The molecule has 0 radical (unpaired) electrons. The minimum atomic E-state index is -0.200. The number of H-pyrrole nitrogens is 1. The van der Waals surface area contributed by atoms with E-state index < -0.39 is 0 Å². The fourth-order valence-corrected chi connectivity index (χ4v) is 1.77. The highest BCUT2D eigenvalue weighted by atomic mass is 16.5. The highest BCUT2D eigenvalue weighted by molar-refractivity contribution is 5.58. The second kappa shape index (κ2) is 5.01. The van der Waals surface area contributed by atoms with E-state index in [1.54, 1.807) is 7.11 Å². The van der Waals surface area contributed by atoms with Crippen molar-refractivity contribution in [1.82, 2.24) is 9.97 Å². The summed E-state index contributed by atoms with van der Waals surface area (Å²) in [5.41, 5.74) is 7.69. The second-order valence-electron chi connectivity index (χ2n) is 3.97. The van der Waals surface area contributed by atoms with Gasteiger partial charge in [0.25, 0.3) is 5.56 Å². The molecule has 0 fully saturated rings. The lowest BCUT2D eigenvalue weighted by molar-refractivity contribution is 0.412. The summed E-state index contributed by atoms with van der Waals surface area (Å²) in [6, 6.07) is 7.02. The Morgan fingerprint density at radius 3 is 2.78 bits per heavy atom. The van der Waals surface area contributed by atoms with Crippen molar-refractivity contribution in [3.05, 3.63) is 45.9 Å². The number of methoxy groups -OCH3 is 1. The topological polar surface area (TPSA) is 81.0 Å². The van der Waals surface area contributed by atoms with Gasteiger partial charge in [0.15, 0.2) is 0 Å². The van der Waals surface area contributed by atoms with Crippen LogP contribution in [0.4, 0.5) is 0 Å². The minimum absolute atomic E-state index is 0.200. The average molecular weight is 245 g/mol. The largest absolute Gasteiger partial charge is 0.496 e. The Labute approximate surface area is 105 Å². The lowest BCUT2D eigenvalue weighted by Crippen LogP contribution is -2.12. The predicted octanol–water partition coefficient (Wildman–Crippen LogP) is 1.21. The number of benzene rings is 1. The van der Waals surface area contributed by atoms with Crippen molar-refractivity contribution in [2.75, 3.05) is 7.11 Å². The molecular formula is C13H15N3O2. The molecule has 0 saturated heterocycles. The molecule has 94 valence electrons. The molecule has 0 unspecified atom stereocenters. The molecule has 0 aliphatic rings. The maximum atomic E-state index is 11.5. The second-order valence-corrected chi connectivity index (χ2v) is 3.97. The standard InChI is InChI=1S/C13H15N3O2/c1-8-5-9(3-4-11(8)18-2)13-15-10(7-14)6-12(17)16-13/h3-6H,7,14H2,1-2H3,(H,15,16,17). The molecule has 0 spiro atoms. The third-order valence-corrected chi connectivity index (χ3v) is 2.67. The van der Waals surface area contributed by atoms with Gasteiger partial charge in [0, 0.05) is 18.2 Å². The smallest absolute Gasteiger partial charge is 0.251 e. The number of aryl methyl sites for hydroxylation is 1. The van der Waals surface area contributed by atoms with Gasteiger partial charge in [-0.1, -0.05) is 0 Å². The van der Waals surface area contributed by atoms with Crippen molar-refractivity contribution < 1.29 is 4.74 Å². The molecule has 0 amide bonds. The van der Waals surface area contributed by atoms with Crippen LogP contribution >= 0.6 is 0 Å². The van der Waals surface area contributed by atoms with Gasteiger partial charge in [0.2, 0.25) is 0 Å². The number of rotatable bonds is 3. The minimum Gasteiger partial charge on any atom is -0.496 e. The summed E-state index contributed by atoms with van der Waals surface area (Å²) < 4.78 is 5.19. The van der Waals surface area contributed by atoms with Gasteiger partial charge in [-0.25, -0.2) is 4.98 Å². The Kier molecular flexibility index (Phi) is 3.43. The summed E-state index contributed by atoms with van der Waals surface area (Å²) in [4.78, 5) is 18.5. The van der Waals surface area contributed by atoms with E-state index in [9.17, 15) is 4.79 Å². The highest BCUT2D eigenvalue weighted by Gasteiger charge is 2.06. The molecule has 0 aliphatic carbocycles. The van der Waals surface area contributed by atoms with Crippen LogP contribution in [0, 0.1) is 6.92 Å². The number of nitrogens with zero attached hydrogens (tertiary/aromatic N) is 1. The lowest BCUT2D eigenvalue weighted by atomic mass is 10.1. The highest BCUT2D eigenvalue weighted by Crippen LogP contribution is 2.23. The zero-order valence-corrected chi connectivity index (χ0v) is 10.4. The van der Waals surface area contributed by atoms with E-state index >= 15 is 0 Å². The normalized spacial score (nSPS) is 10.4. The number of nitrogens with two attached hydrogens (primary N) is 1. The molecule has 0 bridgehead atoms.